The van der Waals surface area contributed by atoms with Crippen molar-refractivity contribution in [2.24, 2.45) is 5.92 Å². The molecule has 0 aromatic carbocycles. The Morgan fingerprint density at radius 1 is 1.56 bits per heavy atom. The number of hydrogen-bond donors (Lipinski definition) is 1. The zero-order chi connectivity index (χ0) is 13.2. The molecule has 104 valence electrons. The molecule has 0 saturated carbocycles. The summed E-state index contributed by atoms with van der Waals surface area (Å²) in [5, 5.41) is 3.13. The zero-order valence-corrected chi connectivity index (χ0v) is 12.4. The predicted octanol–water partition coefficient (Wildman–Crippen LogP) is 1.95. The number of nitrogens with one attached hydrogen (secondary N) is 1. The number of rotatable bonds is 2. The minimum Gasteiger partial charge on any atom is -0.381 e. The highest BCUT2D eigenvalue weighted by molar-refractivity contribution is 8.00. The lowest BCUT2D eigenvalue weighted by atomic mass is 10.0. The first-order chi connectivity index (χ1) is 8.48. The monoisotopic (exact) mass is 272 g/mol. The van der Waals surface area contributed by atoms with Crippen LogP contribution in [0.3, 0.4) is 0 Å². The molecule has 0 aromatic rings. The van der Waals surface area contributed by atoms with Crippen molar-refractivity contribution < 1.29 is 9.53 Å². The molecule has 4 nitrogen and oxygen atoms in total. The lowest BCUT2D eigenvalue weighted by molar-refractivity contribution is 0.170. The van der Waals surface area contributed by atoms with E-state index in [1.807, 2.05) is 16.7 Å². The summed E-state index contributed by atoms with van der Waals surface area (Å²) < 4.78 is 5.55. The van der Waals surface area contributed by atoms with Crippen LogP contribution in [0.1, 0.15) is 27.2 Å². The van der Waals surface area contributed by atoms with Gasteiger partial charge in [0.1, 0.15) is 0 Å². The van der Waals surface area contributed by atoms with Crippen LogP contribution in [-0.4, -0.2) is 53.8 Å². The normalized spacial score (nSPS) is 29.1. The van der Waals surface area contributed by atoms with Crippen LogP contribution in [0.25, 0.3) is 0 Å². The quantitative estimate of drug-likeness (QED) is 0.835. The molecule has 0 aliphatic carbocycles. The first kappa shape index (κ1) is 14.0. The zero-order valence-electron chi connectivity index (χ0n) is 11.6. The molecule has 2 heterocycles. The van der Waals surface area contributed by atoms with E-state index in [2.05, 4.69) is 26.1 Å². The van der Waals surface area contributed by atoms with Crippen LogP contribution in [0, 0.1) is 5.92 Å². The smallest absolute Gasteiger partial charge is 0.317 e. The van der Waals surface area contributed by atoms with Crippen molar-refractivity contribution in [1.29, 1.82) is 0 Å². The second-order valence-corrected chi connectivity index (χ2v) is 7.69. The minimum atomic E-state index is 0.0859. The van der Waals surface area contributed by atoms with E-state index in [9.17, 15) is 4.79 Å². The number of thioether (sulfide) groups is 1. The minimum absolute atomic E-state index is 0.0859. The van der Waals surface area contributed by atoms with Crippen LogP contribution < -0.4 is 5.32 Å². The molecule has 2 aliphatic rings. The molecular formula is C13H24N2O2S. The van der Waals surface area contributed by atoms with Gasteiger partial charge in [0.2, 0.25) is 0 Å². The molecule has 18 heavy (non-hydrogen) atoms. The summed E-state index contributed by atoms with van der Waals surface area (Å²) in [6.45, 7) is 9.78. The highest BCUT2D eigenvalue weighted by Gasteiger charge is 2.31. The molecule has 2 atom stereocenters. The Hall–Kier alpha value is -0.420. The van der Waals surface area contributed by atoms with E-state index in [1.165, 1.54) is 0 Å². The van der Waals surface area contributed by atoms with E-state index in [1.54, 1.807) is 0 Å². The fourth-order valence-electron chi connectivity index (χ4n) is 2.54. The largest absolute Gasteiger partial charge is 0.381 e. The van der Waals surface area contributed by atoms with E-state index >= 15 is 0 Å². The summed E-state index contributed by atoms with van der Waals surface area (Å²) in [5.41, 5.74) is 0. The van der Waals surface area contributed by atoms with Gasteiger partial charge in [-0.05, 0) is 27.2 Å². The van der Waals surface area contributed by atoms with Crippen molar-refractivity contribution in [3.05, 3.63) is 0 Å². The van der Waals surface area contributed by atoms with Gasteiger partial charge in [-0.25, -0.2) is 4.79 Å². The van der Waals surface area contributed by atoms with Crippen LogP contribution in [0.2, 0.25) is 0 Å². The molecule has 2 amide bonds. The molecule has 0 aromatic heterocycles. The van der Waals surface area contributed by atoms with Gasteiger partial charge < -0.3 is 15.0 Å². The number of carbonyl (C=O) groups excluding carboxylic acids is 1. The van der Waals surface area contributed by atoms with E-state index in [0.29, 0.717) is 5.92 Å². The maximum absolute atomic E-state index is 12.2. The second-order valence-electron chi connectivity index (χ2n) is 5.89. The third-order valence-corrected chi connectivity index (χ3v) is 5.03. The number of ether oxygens (including phenoxy) is 1. The maximum atomic E-state index is 12.2. The third kappa shape index (κ3) is 3.54. The van der Waals surface area contributed by atoms with Crippen LogP contribution >= 0.6 is 11.8 Å². The van der Waals surface area contributed by atoms with Gasteiger partial charge in [0.25, 0.3) is 0 Å². The highest BCUT2D eigenvalue weighted by atomic mass is 32.2. The summed E-state index contributed by atoms with van der Waals surface area (Å²) in [5.74, 6) is 1.50. The van der Waals surface area contributed by atoms with Gasteiger partial charge >= 0.3 is 6.03 Å². The Labute approximate surface area is 114 Å². The van der Waals surface area contributed by atoms with Gasteiger partial charge in [-0.15, -0.1) is 0 Å². The Kier molecular flexibility index (Phi) is 4.43. The van der Waals surface area contributed by atoms with E-state index < -0.39 is 0 Å². The van der Waals surface area contributed by atoms with Crippen molar-refractivity contribution in [1.82, 2.24) is 10.2 Å². The lowest BCUT2D eigenvalue weighted by Crippen LogP contribution is -2.52. The van der Waals surface area contributed by atoms with Crippen molar-refractivity contribution in [2.45, 2.75) is 38.0 Å². The van der Waals surface area contributed by atoms with Gasteiger partial charge in [-0.3, -0.25) is 0 Å². The van der Waals surface area contributed by atoms with Crippen LogP contribution in [0.4, 0.5) is 4.79 Å². The molecular weight excluding hydrogens is 248 g/mol. The van der Waals surface area contributed by atoms with Crippen molar-refractivity contribution in [3.8, 4) is 0 Å². The molecule has 0 spiro atoms. The van der Waals surface area contributed by atoms with Crippen molar-refractivity contribution in [2.75, 3.05) is 32.1 Å². The Bertz CT molecular complexity index is 303. The maximum Gasteiger partial charge on any atom is 0.317 e. The first-order valence-corrected chi connectivity index (χ1v) is 7.74. The summed E-state index contributed by atoms with van der Waals surface area (Å²) in [7, 11) is 0. The first-order valence-electron chi connectivity index (χ1n) is 6.75. The summed E-state index contributed by atoms with van der Waals surface area (Å²) >= 11 is 1.94. The average molecular weight is 272 g/mol. The number of urea groups is 1. The molecule has 0 unspecified atom stereocenters. The van der Waals surface area contributed by atoms with Crippen LogP contribution in [0.5, 0.6) is 0 Å². The topological polar surface area (TPSA) is 41.6 Å². The second kappa shape index (κ2) is 5.70. The van der Waals surface area contributed by atoms with Gasteiger partial charge in [0.05, 0.1) is 6.61 Å². The van der Waals surface area contributed by atoms with Crippen LogP contribution in [0.15, 0.2) is 0 Å². The fourth-order valence-corrected chi connectivity index (χ4v) is 3.65. The van der Waals surface area contributed by atoms with Crippen molar-refractivity contribution in [3.63, 3.8) is 0 Å². The third-order valence-electron chi connectivity index (χ3n) is 3.74. The molecule has 1 N–H and O–H groups in total. The molecule has 2 rings (SSSR count). The molecule has 2 saturated heterocycles. The fraction of sp³-hybridized carbons (Fsp3) is 0.923. The van der Waals surface area contributed by atoms with Gasteiger partial charge in [0.15, 0.2) is 0 Å². The van der Waals surface area contributed by atoms with Gasteiger partial charge in [-0.1, -0.05) is 0 Å². The Morgan fingerprint density at radius 3 is 2.94 bits per heavy atom. The molecule has 5 heteroatoms. The Balaban J connectivity index is 1.83. The van der Waals surface area contributed by atoms with Crippen LogP contribution in [-0.2, 0) is 4.74 Å². The lowest BCUT2D eigenvalue weighted by Gasteiger charge is -2.38. The molecule has 0 radical (unpaired) electrons. The Morgan fingerprint density at radius 2 is 2.33 bits per heavy atom. The molecule has 0 bridgehead atoms. The van der Waals surface area contributed by atoms with Gasteiger partial charge in [-0.2, -0.15) is 11.8 Å². The number of carbonyl (C=O) groups is 1. The number of hydrogen-bond acceptors (Lipinski definition) is 3. The van der Waals surface area contributed by atoms with E-state index in [4.69, 9.17) is 4.74 Å². The number of amides is 2. The summed E-state index contributed by atoms with van der Waals surface area (Å²) in [6, 6.07) is 0.292. The van der Waals surface area contributed by atoms with E-state index in [0.717, 1.165) is 38.5 Å². The SMILES string of the molecule is C[C@@H](NC(=O)N1CCSC(C)(C)C1)[C@H]1CCOC1. The highest BCUT2D eigenvalue weighted by Crippen LogP contribution is 2.29. The van der Waals surface area contributed by atoms with Gasteiger partial charge in [0, 0.05) is 42.2 Å². The molecule has 2 aliphatic heterocycles. The van der Waals surface area contributed by atoms with E-state index in [-0.39, 0.29) is 16.8 Å². The molecule has 2 fully saturated rings. The predicted molar refractivity (Wildman–Crippen MR) is 75.0 cm³/mol. The standard InChI is InChI=1S/C13H24N2O2S/c1-10(11-4-6-17-8-11)14-12(16)15-5-7-18-13(2,3)9-15/h10-11H,4-9H2,1-3H3,(H,14,16)/t10-,11+/m1/s1. The van der Waals surface area contributed by atoms with Crippen molar-refractivity contribution >= 4 is 17.8 Å². The number of nitrogens with zero attached hydrogens (tertiary/aromatic N) is 1. The summed E-state index contributed by atoms with van der Waals surface area (Å²) in [4.78, 5) is 14.2. The average Bonchev–Trinajstić information content (AvgIpc) is 2.80. The summed E-state index contributed by atoms with van der Waals surface area (Å²) in [6.07, 6.45) is 1.06.